The number of likely N-dealkylation sites (tertiary alicyclic amines) is 1. The van der Waals surface area contributed by atoms with Crippen molar-refractivity contribution in [2.75, 3.05) is 33.3 Å². The van der Waals surface area contributed by atoms with E-state index < -0.39 is 11.6 Å². The van der Waals surface area contributed by atoms with Crippen molar-refractivity contribution in [3.8, 4) is 5.75 Å². The first-order chi connectivity index (χ1) is 15.5. The summed E-state index contributed by atoms with van der Waals surface area (Å²) < 4.78 is 46.7. The van der Waals surface area contributed by atoms with Gasteiger partial charge in [0.1, 0.15) is 23.2 Å². The smallest absolute Gasteiger partial charge is 0.145 e. The maximum atomic E-state index is 14.5. The van der Waals surface area contributed by atoms with Gasteiger partial charge in [-0.25, -0.2) is 13.2 Å². The minimum Gasteiger partial charge on any atom is -0.497 e. The molecule has 32 heavy (non-hydrogen) atoms. The van der Waals surface area contributed by atoms with Crippen LogP contribution in [0.4, 0.5) is 13.2 Å². The van der Waals surface area contributed by atoms with Crippen molar-refractivity contribution in [3.05, 3.63) is 77.2 Å². The molecule has 3 aromatic rings. The Kier molecular flexibility index (Phi) is 7.07. The second-order valence-corrected chi connectivity index (χ2v) is 7.99. The molecule has 0 radical (unpaired) electrons. The average Bonchev–Trinajstić information content (AvgIpc) is 3.25. The summed E-state index contributed by atoms with van der Waals surface area (Å²) >= 11 is 0. The molecule has 0 amide bonds. The molecule has 2 heterocycles. The Morgan fingerprint density at radius 2 is 2.03 bits per heavy atom. The van der Waals surface area contributed by atoms with Crippen molar-refractivity contribution in [2.24, 2.45) is 0 Å². The third-order valence-electron chi connectivity index (χ3n) is 5.83. The van der Waals surface area contributed by atoms with E-state index in [2.05, 4.69) is 15.2 Å². The summed E-state index contributed by atoms with van der Waals surface area (Å²) in [5.74, 6) is -0.516. The lowest BCUT2D eigenvalue weighted by Gasteiger charge is -2.15. The van der Waals surface area contributed by atoms with Crippen LogP contribution in [0.25, 0.3) is 17.0 Å². The molecule has 0 spiro atoms. The van der Waals surface area contributed by atoms with E-state index in [-0.39, 0.29) is 11.4 Å². The van der Waals surface area contributed by atoms with Gasteiger partial charge in [-0.05, 0) is 55.8 Å². The third-order valence-corrected chi connectivity index (χ3v) is 5.83. The highest BCUT2D eigenvalue weighted by Gasteiger charge is 2.21. The minimum absolute atomic E-state index is 0.252. The van der Waals surface area contributed by atoms with Gasteiger partial charge in [-0.15, -0.1) is 0 Å². The molecule has 1 aliphatic heterocycles. The monoisotopic (exact) mass is 441 g/mol. The van der Waals surface area contributed by atoms with Gasteiger partial charge in [0.2, 0.25) is 0 Å². The normalized spacial score (nSPS) is 16.9. The highest BCUT2D eigenvalue weighted by Crippen LogP contribution is 2.25. The fraction of sp³-hybridized carbons (Fsp3) is 0.320. The molecule has 7 heteroatoms. The van der Waals surface area contributed by atoms with Crippen LogP contribution in [-0.4, -0.2) is 49.2 Å². The van der Waals surface area contributed by atoms with Crippen LogP contribution in [0.3, 0.4) is 0 Å². The van der Waals surface area contributed by atoms with E-state index in [9.17, 15) is 13.2 Å². The van der Waals surface area contributed by atoms with Gasteiger partial charge in [0.05, 0.1) is 18.8 Å². The third kappa shape index (κ3) is 5.29. The first-order valence-electron chi connectivity index (χ1n) is 10.7. The molecule has 4 rings (SSSR count). The maximum absolute atomic E-state index is 14.5. The molecular weight excluding hydrogens is 415 g/mol. The number of benzene rings is 2. The van der Waals surface area contributed by atoms with Crippen LogP contribution in [0.15, 0.2) is 48.7 Å². The molecule has 1 N–H and O–H groups in total. The Labute approximate surface area is 185 Å². The fourth-order valence-corrected chi connectivity index (χ4v) is 4.12. The van der Waals surface area contributed by atoms with E-state index in [1.54, 1.807) is 13.2 Å². The second kappa shape index (κ2) is 10.1. The van der Waals surface area contributed by atoms with Crippen molar-refractivity contribution in [1.82, 2.24) is 15.2 Å². The summed E-state index contributed by atoms with van der Waals surface area (Å²) in [6, 6.07) is 9.22. The predicted octanol–water partition coefficient (Wildman–Crippen LogP) is 4.58. The number of rotatable bonds is 8. The van der Waals surface area contributed by atoms with E-state index in [1.165, 1.54) is 12.3 Å². The fourth-order valence-electron chi connectivity index (χ4n) is 4.12. The van der Waals surface area contributed by atoms with Gasteiger partial charge >= 0.3 is 0 Å². The topological polar surface area (TPSA) is 37.4 Å². The van der Waals surface area contributed by atoms with Crippen LogP contribution in [0, 0.1) is 17.5 Å². The van der Waals surface area contributed by atoms with Gasteiger partial charge in [-0.3, -0.25) is 9.88 Å². The molecule has 1 fully saturated rings. The molecule has 168 valence electrons. The van der Waals surface area contributed by atoms with Crippen molar-refractivity contribution < 1.29 is 17.9 Å². The number of hydrogen-bond donors (Lipinski definition) is 1. The van der Waals surface area contributed by atoms with Gasteiger partial charge in [0, 0.05) is 42.2 Å². The van der Waals surface area contributed by atoms with Crippen molar-refractivity contribution >= 4 is 17.0 Å². The van der Waals surface area contributed by atoms with Crippen LogP contribution in [-0.2, 0) is 6.42 Å². The zero-order valence-electron chi connectivity index (χ0n) is 18.0. The molecule has 0 aliphatic carbocycles. The Bertz CT molecular complexity index is 1120. The van der Waals surface area contributed by atoms with Gasteiger partial charge < -0.3 is 10.1 Å². The number of fused-ring (bicyclic) bond motifs is 1. The Hall–Kier alpha value is -2.90. The first-order valence-corrected chi connectivity index (χ1v) is 10.7. The Morgan fingerprint density at radius 3 is 2.88 bits per heavy atom. The van der Waals surface area contributed by atoms with Crippen molar-refractivity contribution in [2.45, 2.75) is 18.9 Å². The van der Waals surface area contributed by atoms with E-state index in [0.717, 1.165) is 42.5 Å². The summed E-state index contributed by atoms with van der Waals surface area (Å²) in [7, 11) is 1.59. The SMILES string of the molecule is COc1ccc2ncc(F)c(CCNC3CCN(C/C=C/c4cc(F)ccc4F)C3)c2c1. The molecule has 1 aliphatic rings. The van der Waals surface area contributed by atoms with Crippen LogP contribution < -0.4 is 10.1 Å². The highest BCUT2D eigenvalue weighted by molar-refractivity contribution is 5.83. The minimum atomic E-state index is -0.451. The number of aromatic nitrogens is 1. The maximum Gasteiger partial charge on any atom is 0.145 e. The van der Waals surface area contributed by atoms with E-state index in [0.29, 0.717) is 36.9 Å². The molecule has 1 unspecified atom stereocenters. The van der Waals surface area contributed by atoms with Crippen molar-refractivity contribution in [1.29, 1.82) is 0 Å². The van der Waals surface area contributed by atoms with E-state index >= 15 is 0 Å². The molecule has 4 nitrogen and oxygen atoms in total. The summed E-state index contributed by atoms with van der Waals surface area (Å²) in [4.78, 5) is 6.41. The molecule has 2 aromatic carbocycles. The van der Waals surface area contributed by atoms with Gasteiger partial charge in [0.25, 0.3) is 0 Å². The summed E-state index contributed by atoms with van der Waals surface area (Å²) in [5, 5.41) is 4.28. The molecule has 1 aromatic heterocycles. The van der Waals surface area contributed by atoms with E-state index in [4.69, 9.17) is 4.74 Å². The summed E-state index contributed by atoms with van der Waals surface area (Å²) in [6.45, 7) is 3.08. The standard InChI is InChI=1S/C25H26F3N3O/c1-32-20-5-7-25-22(14-20)21(24(28)15-30-25)8-10-29-19-9-12-31(16-19)11-2-3-17-13-18(26)4-6-23(17)27/h2-7,13-15,19,29H,8-12,16H2,1H3/b3-2+. The number of methoxy groups -OCH3 is 1. The van der Waals surface area contributed by atoms with Crippen LogP contribution in [0.2, 0.25) is 0 Å². The lowest BCUT2D eigenvalue weighted by molar-refractivity contribution is 0.363. The molecule has 0 saturated carbocycles. The summed E-state index contributed by atoms with van der Waals surface area (Å²) in [5.41, 5.74) is 1.63. The van der Waals surface area contributed by atoms with Crippen LogP contribution in [0.5, 0.6) is 5.75 Å². The summed E-state index contributed by atoms with van der Waals surface area (Å²) in [6.07, 6.45) is 6.27. The highest BCUT2D eigenvalue weighted by atomic mass is 19.1. The van der Waals surface area contributed by atoms with Crippen LogP contribution >= 0.6 is 0 Å². The molecule has 1 atom stereocenters. The first kappa shape index (κ1) is 22.3. The zero-order chi connectivity index (χ0) is 22.5. The molecular formula is C25H26F3N3O. The number of nitrogens with one attached hydrogen (secondary N) is 1. The Morgan fingerprint density at radius 1 is 1.16 bits per heavy atom. The number of pyridine rings is 1. The largest absolute Gasteiger partial charge is 0.497 e. The molecule has 0 bridgehead atoms. The van der Waals surface area contributed by atoms with Gasteiger partial charge in [-0.1, -0.05) is 12.2 Å². The average molecular weight is 441 g/mol. The zero-order valence-corrected chi connectivity index (χ0v) is 18.0. The Balaban J connectivity index is 1.29. The number of ether oxygens (including phenoxy) is 1. The quantitative estimate of drug-likeness (QED) is 0.555. The lowest BCUT2D eigenvalue weighted by Crippen LogP contribution is -2.34. The number of halogens is 3. The van der Waals surface area contributed by atoms with E-state index in [1.807, 2.05) is 24.3 Å². The number of nitrogens with zero attached hydrogens (tertiary/aromatic N) is 2. The van der Waals surface area contributed by atoms with Gasteiger partial charge in [-0.2, -0.15) is 0 Å². The second-order valence-electron chi connectivity index (χ2n) is 7.99. The van der Waals surface area contributed by atoms with Crippen LogP contribution in [0.1, 0.15) is 17.5 Å². The lowest BCUT2D eigenvalue weighted by atomic mass is 10.0. The van der Waals surface area contributed by atoms with Crippen molar-refractivity contribution in [3.63, 3.8) is 0 Å². The molecule has 1 saturated heterocycles. The number of hydrogen-bond acceptors (Lipinski definition) is 4. The van der Waals surface area contributed by atoms with Gasteiger partial charge in [0.15, 0.2) is 0 Å². The predicted molar refractivity (Wildman–Crippen MR) is 120 cm³/mol.